The monoisotopic (exact) mass is 274 g/mol. The molecule has 3 heterocycles. The fourth-order valence-corrected chi connectivity index (χ4v) is 3.07. The largest absolute Gasteiger partial charge is 0.346 e. The Morgan fingerprint density at radius 1 is 1.05 bits per heavy atom. The number of hydrogen-bond donors (Lipinski definition) is 0. The van der Waals surface area contributed by atoms with E-state index in [1.165, 1.54) is 5.56 Å². The van der Waals surface area contributed by atoms with Crippen molar-refractivity contribution in [3.63, 3.8) is 0 Å². The molecule has 2 aromatic heterocycles. The maximum atomic E-state index is 4.38. The summed E-state index contributed by atoms with van der Waals surface area (Å²) in [4.78, 5) is 13.3. The number of thiazole rings is 1. The Hall–Kier alpha value is -1.46. The van der Waals surface area contributed by atoms with E-state index >= 15 is 0 Å². The number of pyridine rings is 1. The van der Waals surface area contributed by atoms with Crippen molar-refractivity contribution in [1.82, 2.24) is 14.9 Å². The second-order valence-corrected chi connectivity index (χ2v) is 5.62. The third-order valence-corrected chi connectivity index (χ3v) is 4.36. The normalized spacial score (nSPS) is 16.7. The van der Waals surface area contributed by atoms with Crippen LogP contribution in [0.1, 0.15) is 5.56 Å². The molecule has 2 aromatic rings. The van der Waals surface area contributed by atoms with E-state index in [9.17, 15) is 0 Å². The average molecular weight is 274 g/mol. The number of aromatic nitrogens is 2. The molecule has 1 saturated heterocycles. The summed E-state index contributed by atoms with van der Waals surface area (Å²) in [5.41, 5.74) is 1.37. The van der Waals surface area contributed by atoms with Crippen molar-refractivity contribution in [3.8, 4) is 0 Å². The van der Waals surface area contributed by atoms with Gasteiger partial charge in [-0.25, -0.2) is 4.98 Å². The van der Waals surface area contributed by atoms with Crippen molar-refractivity contribution >= 4 is 16.5 Å². The van der Waals surface area contributed by atoms with E-state index in [-0.39, 0.29) is 0 Å². The predicted octanol–water partition coefficient (Wildman–Crippen LogP) is 1.90. The van der Waals surface area contributed by atoms with Crippen LogP contribution in [0, 0.1) is 0 Å². The van der Waals surface area contributed by atoms with Gasteiger partial charge in [-0.2, -0.15) is 0 Å². The van der Waals surface area contributed by atoms with Crippen LogP contribution in [0.5, 0.6) is 0 Å². The lowest BCUT2D eigenvalue weighted by Gasteiger charge is -2.34. The van der Waals surface area contributed by atoms with Crippen LogP contribution >= 0.6 is 11.3 Å². The summed E-state index contributed by atoms with van der Waals surface area (Å²) < 4.78 is 0. The second-order valence-electron chi connectivity index (χ2n) is 4.75. The highest BCUT2D eigenvalue weighted by molar-refractivity contribution is 7.13. The van der Waals surface area contributed by atoms with Crippen LogP contribution in [0.3, 0.4) is 0 Å². The first kappa shape index (κ1) is 12.6. The molecule has 0 atom stereocenters. The number of nitrogens with zero attached hydrogens (tertiary/aromatic N) is 4. The molecule has 0 unspecified atom stereocenters. The van der Waals surface area contributed by atoms with Crippen LogP contribution in [0.25, 0.3) is 0 Å². The molecule has 0 amide bonds. The molecule has 1 fully saturated rings. The standard InChI is InChI=1S/C14H18N4S/c1-4-15-5-2-13(1)3-7-17-8-10-18(11-9-17)14-16-6-12-19-14/h1-2,4-6,12H,3,7-11H2. The zero-order chi connectivity index (χ0) is 12.9. The van der Waals surface area contributed by atoms with E-state index in [2.05, 4.69) is 31.9 Å². The third-order valence-electron chi connectivity index (χ3n) is 3.53. The summed E-state index contributed by atoms with van der Waals surface area (Å²) in [6, 6.07) is 4.21. The molecular formula is C14H18N4S. The molecule has 0 N–H and O–H groups in total. The van der Waals surface area contributed by atoms with Crippen molar-refractivity contribution in [2.75, 3.05) is 37.6 Å². The van der Waals surface area contributed by atoms with Gasteiger partial charge in [-0.05, 0) is 24.1 Å². The first-order chi connectivity index (χ1) is 9.42. The van der Waals surface area contributed by atoms with E-state index in [0.29, 0.717) is 0 Å². The van der Waals surface area contributed by atoms with Crippen LogP contribution < -0.4 is 4.90 Å². The van der Waals surface area contributed by atoms with E-state index in [1.54, 1.807) is 11.3 Å². The molecule has 19 heavy (non-hydrogen) atoms. The van der Waals surface area contributed by atoms with Gasteiger partial charge in [-0.3, -0.25) is 9.88 Å². The first-order valence-electron chi connectivity index (χ1n) is 6.67. The lowest BCUT2D eigenvalue weighted by atomic mass is 10.2. The van der Waals surface area contributed by atoms with Gasteiger partial charge in [0, 0.05) is 56.7 Å². The number of rotatable bonds is 4. The average Bonchev–Trinajstić information content (AvgIpc) is 3.01. The van der Waals surface area contributed by atoms with Crippen molar-refractivity contribution in [1.29, 1.82) is 0 Å². The molecule has 0 aromatic carbocycles. The Bertz CT molecular complexity index is 477. The van der Waals surface area contributed by atoms with Gasteiger partial charge in [0.15, 0.2) is 5.13 Å². The van der Waals surface area contributed by atoms with Gasteiger partial charge in [0.25, 0.3) is 0 Å². The number of hydrogen-bond acceptors (Lipinski definition) is 5. The van der Waals surface area contributed by atoms with Gasteiger partial charge >= 0.3 is 0 Å². The zero-order valence-electron chi connectivity index (χ0n) is 10.9. The molecule has 3 rings (SSSR count). The molecule has 0 spiro atoms. The lowest BCUT2D eigenvalue weighted by molar-refractivity contribution is 0.261. The fourth-order valence-electron chi connectivity index (χ4n) is 2.37. The molecule has 0 radical (unpaired) electrons. The summed E-state index contributed by atoms with van der Waals surface area (Å²) >= 11 is 1.73. The molecule has 0 saturated carbocycles. The van der Waals surface area contributed by atoms with E-state index in [0.717, 1.165) is 44.3 Å². The zero-order valence-corrected chi connectivity index (χ0v) is 11.7. The summed E-state index contributed by atoms with van der Waals surface area (Å²) in [5.74, 6) is 0. The van der Waals surface area contributed by atoms with Gasteiger partial charge in [0.05, 0.1) is 0 Å². The number of anilines is 1. The van der Waals surface area contributed by atoms with Crippen LogP contribution in [-0.2, 0) is 6.42 Å². The van der Waals surface area contributed by atoms with Crippen LogP contribution in [0.15, 0.2) is 36.1 Å². The van der Waals surface area contributed by atoms with Crippen LogP contribution in [0.4, 0.5) is 5.13 Å². The predicted molar refractivity (Wildman–Crippen MR) is 78.7 cm³/mol. The lowest BCUT2D eigenvalue weighted by Crippen LogP contribution is -2.46. The van der Waals surface area contributed by atoms with Crippen molar-refractivity contribution in [2.45, 2.75) is 6.42 Å². The molecule has 4 nitrogen and oxygen atoms in total. The molecule has 100 valence electrons. The summed E-state index contributed by atoms with van der Waals surface area (Å²) in [7, 11) is 0. The van der Waals surface area contributed by atoms with Crippen LogP contribution in [-0.4, -0.2) is 47.6 Å². The Morgan fingerprint density at radius 3 is 2.53 bits per heavy atom. The molecule has 0 bridgehead atoms. The third kappa shape index (κ3) is 3.30. The topological polar surface area (TPSA) is 32.3 Å². The van der Waals surface area contributed by atoms with E-state index in [4.69, 9.17) is 0 Å². The number of piperazine rings is 1. The smallest absolute Gasteiger partial charge is 0.185 e. The Balaban J connectivity index is 1.46. The molecular weight excluding hydrogens is 256 g/mol. The fraction of sp³-hybridized carbons (Fsp3) is 0.429. The van der Waals surface area contributed by atoms with Gasteiger partial charge < -0.3 is 4.90 Å². The minimum atomic E-state index is 1.09. The summed E-state index contributed by atoms with van der Waals surface area (Å²) in [5, 5.41) is 3.21. The second kappa shape index (κ2) is 6.12. The Kier molecular flexibility index (Phi) is 4.05. The van der Waals surface area contributed by atoms with Crippen LogP contribution in [0.2, 0.25) is 0 Å². The Morgan fingerprint density at radius 2 is 1.84 bits per heavy atom. The molecule has 5 heteroatoms. The highest BCUT2D eigenvalue weighted by Gasteiger charge is 2.18. The highest BCUT2D eigenvalue weighted by Crippen LogP contribution is 2.18. The van der Waals surface area contributed by atoms with Gasteiger partial charge in [-0.15, -0.1) is 11.3 Å². The first-order valence-corrected chi connectivity index (χ1v) is 7.55. The van der Waals surface area contributed by atoms with Crippen molar-refractivity contribution in [3.05, 3.63) is 41.7 Å². The Labute approximate surface area is 117 Å². The quantitative estimate of drug-likeness (QED) is 0.852. The van der Waals surface area contributed by atoms with E-state index in [1.807, 2.05) is 24.0 Å². The van der Waals surface area contributed by atoms with Gasteiger partial charge in [-0.1, -0.05) is 0 Å². The minimum absolute atomic E-state index is 1.09. The maximum absolute atomic E-state index is 4.38. The summed E-state index contributed by atoms with van der Waals surface area (Å²) in [6.07, 6.45) is 6.74. The summed E-state index contributed by atoms with van der Waals surface area (Å²) in [6.45, 7) is 5.57. The van der Waals surface area contributed by atoms with Crippen molar-refractivity contribution in [2.24, 2.45) is 0 Å². The van der Waals surface area contributed by atoms with E-state index < -0.39 is 0 Å². The molecule has 0 aliphatic carbocycles. The molecule has 1 aliphatic rings. The minimum Gasteiger partial charge on any atom is -0.346 e. The highest BCUT2D eigenvalue weighted by atomic mass is 32.1. The van der Waals surface area contributed by atoms with Gasteiger partial charge in [0.2, 0.25) is 0 Å². The van der Waals surface area contributed by atoms with Gasteiger partial charge in [0.1, 0.15) is 0 Å². The maximum Gasteiger partial charge on any atom is 0.185 e. The SMILES string of the molecule is c1cc(CCN2CCN(c3nccs3)CC2)ccn1. The van der Waals surface area contributed by atoms with Crippen molar-refractivity contribution < 1.29 is 0 Å². The molecule has 1 aliphatic heterocycles.